The van der Waals surface area contributed by atoms with Crippen LogP contribution in [0.4, 0.5) is 0 Å². The lowest BCUT2D eigenvalue weighted by Crippen LogP contribution is -2.30. The topological polar surface area (TPSA) is 93.1 Å². The van der Waals surface area contributed by atoms with E-state index in [1.54, 1.807) is 14.1 Å². The van der Waals surface area contributed by atoms with Gasteiger partial charge in [-0.25, -0.2) is 0 Å². The molecular weight excluding hydrogens is 249 g/mol. The van der Waals surface area contributed by atoms with Crippen molar-refractivity contribution in [2.75, 3.05) is 34.6 Å². The zero-order valence-corrected chi connectivity index (χ0v) is 11.3. The molecule has 7 nitrogen and oxygen atoms in total. The van der Waals surface area contributed by atoms with Crippen molar-refractivity contribution in [2.24, 2.45) is 0 Å². The Hall–Kier alpha value is -0.910. The smallest absolute Gasteiger partial charge is 0.319 e. The molecule has 1 N–H and O–H groups in total. The fourth-order valence-corrected chi connectivity index (χ4v) is 3.15. The van der Waals surface area contributed by atoms with Crippen LogP contribution < -0.4 is 0 Å². The fourth-order valence-electron chi connectivity index (χ4n) is 1.27. The molecule has 0 amide bonds. The van der Waals surface area contributed by atoms with Gasteiger partial charge in [-0.05, 0) is 14.1 Å². The summed E-state index contributed by atoms with van der Waals surface area (Å²) in [6, 6.07) is 0. The first-order valence-electron chi connectivity index (χ1n) is 4.85. The summed E-state index contributed by atoms with van der Waals surface area (Å²) in [6.07, 6.45) is -0.672. The van der Waals surface area contributed by atoms with Crippen molar-refractivity contribution in [1.29, 1.82) is 0 Å². The molecule has 0 radical (unpaired) electrons. The Labute approximate surface area is 100 Å². The summed E-state index contributed by atoms with van der Waals surface area (Å²) < 4.78 is 20.8. The van der Waals surface area contributed by atoms with Crippen molar-refractivity contribution in [3.8, 4) is 0 Å². The van der Waals surface area contributed by atoms with Crippen LogP contribution in [-0.2, 0) is 23.6 Å². The molecule has 0 heterocycles. The molecule has 0 aliphatic heterocycles. The second-order valence-electron chi connectivity index (χ2n) is 3.80. The van der Waals surface area contributed by atoms with E-state index in [9.17, 15) is 19.0 Å². The van der Waals surface area contributed by atoms with Gasteiger partial charge in [0.2, 0.25) is 7.37 Å². The van der Waals surface area contributed by atoms with Crippen LogP contribution in [0.1, 0.15) is 6.42 Å². The molecule has 0 aromatic rings. The van der Waals surface area contributed by atoms with Gasteiger partial charge in [0.1, 0.15) is 5.66 Å². The summed E-state index contributed by atoms with van der Waals surface area (Å²) in [4.78, 5) is 33.8. The van der Waals surface area contributed by atoms with Gasteiger partial charge in [0.25, 0.3) is 0 Å². The average Bonchev–Trinajstić information content (AvgIpc) is 2.22. The number of esters is 2. The molecule has 0 spiro atoms. The quantitative estimate of drug-likeness (QED) is 0.529. The van der Waals surface area contributed by atoms with Crippen LogP contribution in [0.3, 0.4) is 0 Å². The number of carbonyl (C=O) groups is 2. The highest BCUT2D eigenvalue weighted by Crippen LogP contribution is 2.48. The Morgan fingerprint density at radius 3 is 2.18 bits per heavy atom. The van der Waals surface area contributed by atoms with Gasteiger partial charge >= 0.3 is 11.9 Å². The molecule has 0 aromatic carbocycles. The summed E-state index contributed by atoms with van der Waals surface area (Å²) in [6.45, 7) is 0. The number of methoxy groups -OCH3 is 2. The molecule has 2 atom stereocenters. The van der Waals surface area contributed by atoms with E-state index in [1.165, 1.54) is 4.90 Å². The van der Waals surface area contributed by atoms with Crippen molar-refractivity contribution in [3.63, 3.8) is 0 Å². The maximum atomic E-state index is 12.0. The van der Waals surface area contributed by atoms with E-state index in [1.807, 2.05) is 0 Å². The lowest BCUT2D eigenvalue weighted by Gasteiger charge is -2.22. The van der Waals surface area contributed by atoms with Gasteiger partial charge in [0, 0.05) is 0 Å². The van der Waals surface area contributed by atoms with E-state index in [-0.39, 0.29) is 6.29 Å². The van der Waals surface area contributed by atoms with E-state index in [0.29, 0.717) is 0 Å². The van der Waals surface area contributed by atoms with Crippen LogP contribution in [0.15, 0.2) is 0 Å². The molecule has 0 rings (SSSR count). The zero-order valence-electron chi connectivity index (χ0n) is 10.4. The molecule has 0 bridgehead atoms. The molecule has 0 saturated carbocycles. The Morgan fingerprint density at radius 2 is 1.82 bits per heavy atom. The van der Waals surface area contributed by atoms with Gasteiger partial charge in [-0.2, -0.15) is 0 Å². The minimum atomic E-state index is -3.85. The number of hydrogen-bond donors (Lipinski definition) is 1. The largest absolute Gasteiger partial charge is 0.469 e. The molecule has 0 aromatic heterocycles. The molecule has 2 unspecified atom stereocenters. The van der Waals surface area contributed by atoms with Crippen LogP contribution in [0.2, 0.25) is 0 Å². The highest BCUT2D eigenvalue weighted by Gasteiger charge is 2.40. The summed E-state index contributed by atoms with van der Waals surface area (Å²) in [5.74, 6) is -1.61. The molecular formula is C9H18NO6P. The third-order valence-corrected chi connectivity index (χ3v) is 4.37. The van der Waals surface area contributed by atoms with Gasteiger partial charge in [-0.3, -0.25) is 14.2 Å². The third-order valence-electron chi connectivity index (χ3n) is 2.03. The Bertz CT molecular complexity index is 329. The molecule has 100 valence electrons. The highest BCUT2D eigenvalue weighted by molar-refractivity contribution is 7.59. The third kappa shape index (κ3) is 5.30. The van der Waals surface area contributed by atoms with Crippen molar-refractivity contribution in [1.82, 2.24) is 4.90 Å². The predicted octanol–water partition coefficient (Wildman–Crippen LogP) is -0.119. The van der Waals surface area contributed by atoms with Crippen LogP contribution >= 0.6 is 7.37 Å². The number of rotatable bonds is 6. The molecule has 17 heavy (non-hydrogen) atoms. The number of carbonyl (C=O) groups excluding carboxylic acids is 2. The van der Waals surface area contributed by atoms with E-state index < -0.39 is 31.4 Å². The standard InChI is InChI=1S/C9H18NO6P/c1-10(2)6-17(13,14)7(9(12)16-4)5-8(11)15-3/h7H,5-6H2,1-4H3,(H,13,14). The van der Waals surface area contributed by atoms with E-state index in [2.05, 4.69) is 9.47 Å². The van der Waals surface area contributed by atoms with E-state index >= 15 is 0 Å². The number of nitrogens with zero attached hydrogens (tertiary/aromatic N) is 1. The lowest BCUT2D eigenvalue weighted by molar-refractivity contribution is -0.147. The average molecular weight is 267 g/mol. The first kappa shape index (κ1) is 16.1. The van der Waals surface area contributed by atoms with Crippen LogP contribution in [0.25, 0.3) is 0 Å². The normalized spacial score (nSPS) is 16.1. The first-order chi connectivity index (χ1) is 7.74. The molecule has 0 fully saturated rings. The Balaban J connectivity index is 4.97. The summed E-state index contributed by atoms with van der Waals surface area (Å²) >= 11 is 0. The summed E-state index contributed by atoms with van der Waals surface area (Å²) in [7, 11) is 1.58. The fraction of sp³-hybridized carbons (Fsp3) is 0.778. The molecule has 0 aliphatic carbocycles. The minimum Gasteiger partial charge on any atom is -0.469 e. The Morgan fingerprint density at radius 1 is 1.29 bits per heavy atom. The van der Waals surface area contributed by atoms with Crippen molar-refractivity contribution >= 4 is 19.3 Å². The van der Waals surface area contributed by atoms with Gasteiger partial charge in [0.15, 0.2) is 0 Å². The minimum absolute atomic E-state index is 0.205. The number of hydrogen-bond acceptors (Lipinski definition) is 6. The van der Waals surface area contributed by atoms with Crippen LogP contribution in [-0.4, -0.2) is 62.0 Å². The number of ether oxygens (including phenoxy) is 2. The Kier molecular flexibility index (Phi) is 6.37. The van der Waals surface area contributed by atoms with Crippen LogP contribution in [0, 0.1) is 0 Å². The van der Waals surface area contributed by atoms with Crippen molar-refractivity contribution in [2.45, 2.75) is 12.1 Å². The van der Waals surface area contributed by atoms with Crippen molar-refractivity contribution in [3.05, 3.63) is 0 Å². The van der Waals surface area contributed by atoms with E-state index in [4.69, 9.17) is 0 Å². The predicted molar refractivity (Wildman–Crippen MR) is 60.8 cm³/mol. The lowest BCUT2D eigenvalue weighted by atomic mass is 10.3. The van der Waals surface area contributed by atoms with Crippen LogP contribution in [0.5, 0.6) is 0 Å². The molecule has 0 saturated heterocycles. The van der Waals surface area contributed by atoms with Crippen molar-refractivity contribution < 1.29 is 28.5 Å². The van der Waals surface area contributed by atoms with E-state index in [0.717, 1.165) is 14.2 Å². The maximum Gasteiger partial charge on any atom is 0.319 e. The SMILES string of the molecule is COC(=O)CC(C(=O)OC)P(=O)(O)CN(C)C. The zero-order chi connectivity index (χ0) is 13.6. The van der Waals surface area contributed by atoms with Gasteiger partial charge in [-0.1, -0.05) is 0 Å². The van der Waals surface area contributed by atoms with Gasteiger partial charge in [-0.15, -0.1) is 0 Å². The second kappa shape index (κ2) is 6.74. The molecule has 0 aliphatic rings. The summed E-state index contributed by atoms with van der Waals surface area (Å²) in [5.41, 5.74) is -1.39. The first-order valence-corrected chi connectivity index (χ1v) is 6.77. The van der Waals surface area contributed by atoms with Gasteiger partial charge < -0.3 is 19.3 Å². The van der Waals surface area contributed by atoms with Gasteiger partial charge in [0.05, 0.1) is 26.9 Å². The maximum absolute atomic E-state index is 12.0. The summed E-state index contributed by atoms with van der Waals surface area (Å²) in [5, 5.41) is 0. The second-order valence-corrected chi connectivity index (χ2v) is 6.21. The molecule has 8 heteroatoms. The highest BCUT2D eigenvalue weighted by atomic mass is 31.2. The monoisotopic (exact) mass is 267 g/mol.